The van der Waals surface area contributed by atoms with Gasteiger partial charge in [0.05, 0.1) is 0 Å². The molecule has 2 aromatic rings. The van der Waals surface area contributed by atoms with Crippen LogP contribution >= 0.6 is 0 Å². The third-order valence-corrected chi connectivity index (χ3v) is 4.58. The van der Waals surface area contributed by atoms with Crippen LogP contribution in [0.1, 0.15) is 40.4 Å². The van der Waals surface area contributed by atoms with E-state index >= 15 is 0 Å². The van der Waals surface area contributed by atoms with E-state index in [0.717, 1.165) is 31.6 Å². The molecule has 1 saturated heterocycles. The monoisotopic (exact) mass is 357 g/mol. The number of hydrogen-bond acceptors (Lipinski definition) is 4. The van der Waals surface area contributed by atoms with Gasteiger partial charge in [-0.05, 0) is 44.1 Å². The molecule has 1 aromatic carbocycles. The Morgan fingerprint density at radius 3 is 2.73 bits per heavy atom. The molecule has 0 saturated carbocycles. The molecular weight excluding hydrogens is 333 g/mol. The smallest absolute Gasteiger partial charge is 0.253 e. The van der Waals surface area contributed by atoms with Crippen LogP contribution in [0.5, 0.6) is 5.88 Å². The largest absolute Gasteiger partial charge is 0.473 e. The van der Waals surface area contributed by atoms with E-state index in [4.69, 9.17) is 4.74 Å². The molecular formula is C20H24FN3O2. The fourth-order valence-electron chi connectivity index (χ4n) is 3.06. The number of rotatable bonds is 5. The van der Waals surface area contributed by atoms with E-state index < -0.39 is 5.82 Å². The minimum absolute atomic E-state index is 0.0743. The number of benzene rings is 1. The second-order valence-electron chi connectivity index (χ2n) is 6.72. The molecule has 1 aromatic heterocycles. The van der Waals surface area contributed by atoms with E-state index in [0.29, 0.717) is 22.9 Å². The van der Waals surface area contributed by atoms with Crippen molar-refractivity contribution in [3.05, 3.63) is 59.0 Å². The average Bonchev–Trinajstić information content (AvgIpc) is 2.67. The molecule has 0 unspecified atom stereocenters. The molecule has 1 aliphatic rings. The summed E-state index contributed by atoms with van der Waals surface area (Å²) in [5, 5.41) is 3.34. The summed E-state index contributed by atoms with van der Waals surface area (Å²) in [6.07, 6.45) is 2.12. The van der Waals surface area contributed by atoms with Crippen molar-refractivity contribution in [3.63, 3.8) is 0 Å². The summed E-state index contributed by atoms with van der Waals surface area (Å²) in [4.78, 5) is 17.9. The van der Waals surface area contributed by atoms with Crippen molar-refractivity contribution >= 4 is 5.91 Å². The van der Waals surface area contributed by atoms with Gasteiger partial charge in [-0.15, -0.1) is 0 Å². The van der Waals surface area contributed by atoms with Crippen LogP contribution in [0.15, 0.2) is 36.4 Å². The van der Waals surface area contributed by atoms with Gasteiger partial charge in [-0.1, -0.05) is 12.1 Å². The molecule has 138 valence electrons. The Balaban J connectivity index is 1.66. The number of carbonyl (C=O) groups excluding carboxylic acids is 1. The number of pyridine rings is 1. The first-order valence-corrected chi connectivity index (χ1v) is 8.85. The van der Waals surface area contributed by atoms with E-state index in [1.807, 2.05) is 12.1 Å². The third-order valence-electron chi connectivity index (χ3n) is 4.58. The van der Waals surface area contributed by atoms with Crippen LogP contribution in [0.4, 0.5) is 4.39 Å². The lowest BCUT2D eigenvalue weighted by Gasteiger charge is -2.22. The van der Waals surface area contributed by atoms with Crippen molar-refractivity contribution in [1.29, 1.82) is 0 Å². The van der Waals surface area contributed by atoms with Crippen LogP contribution in [-0.4, -0.2) is 43.0 Å². The lowest BCUT2D eigenvalue weighted by Crippen LogP contribution is -2.27. The van der Waals surface area contributed by atoms with Crippen LogP contribution in [0, 0.1) is 5.82 Å². The SMILES string of the molecule is CN(C)C(=O)c1ccc(COc2cccc(C3CCNCC3)n2)c(F)c1. The van der Waals surface area contributed by atoms with E-state index in [1.165, 1.54) is 11.0 Å². The van der Waals surface area contributed by atoms with Gasteiger partial charge in [0.2, 0.25) is 5.88 Å². The van der Waals surface area contributed by atoms with Crippen molar-refractivity contribution in [2.75, 3.05) is 27.2 Å². The lowest BCUT2D eigenvalue weighted by atomic mass is 9.94. The highest BCUT2D eigenvalue weighted by molar-refractivity contribution is 5.93. The minimum Gasteiger partial charge on any atom is -0.473 e. The number of piperidine rings is 1. The summed E-state index contributed by atoms with van der Waals surface area (Å²) < 4.78 is 20.0. The number of nitrogens with zero attached hydrogens (tertiary/aromatic N) is 2. The third kappa shape index (κ3) is 4.38. The first-order valence-electron chi connectivity index (χ1n) is 8.85. The molecule has 3 rings (SSSR count). The highest BCUT2D eigenvalue weighted by Gasteiger charge is 2.17. The van der Waals surface area contributed by atoms with Crippen LogP contribution in [0.3, 0.4) is 0 Å². The average molecular weight is 357 g/mol. The second kappa shape index (κ2) is 8.27. The Kier molecular flexibility index (Phi) is 5.83. The number of nitrogens with one attached hydrogen (secondary N) is 1. The fourth-order valence-corrected chi connectivity index (χ4v) is 3.06. The molecule has 0 atom stereocenters. The van der Waals surface area contributed by atoms with Gasteiger partial charge in [0, 0.05) is 42.9 Å². The molecule has 2 heterocycles. The molecule has 6 heteroatoms. The molecule has 26 heavy (non-hydrogen) atoms. The van der Waals surface area contributed by atoms with Gasteiger partial charge in [-0.25, -0.2) is 9.37 Å². The predicted octanol–water partition coefficient (Wildman–Crippen LogP) is 2.97. The maximum absolute atomic E-state index is 14.3. The minimum atomic E-state index is -0.452. The first-order chi connectivity index (χ1) is 12.5. The van der Waals surface area contributed by atoms with Crippen LogP contribution in [0.2, 0.25) is 0 Å². The van der Waals surface area contributed by atoms with Gasteiger partial charge in [0.25, 0.3) is 5.91 Å². The quantitative estimate of drug-likeness (QED) is 0.894. The molecule has 1 N–H and O–H groups in total. The van der Waals surface area contributed by atoms with Crippen LogP contribution in [-0.2, 0) is 6.61 Å². The molecule has 0 radical (unpaired) electrons. The summed E-state index contributed by atoms with van der Waals surface area (Å²) in [6.45, 7) is 2.08. The van der Waals surface area contributed by atoms with Crippen LogP contribution < -0.4 is 10.1 Å². The Morgan fingerprint density at radius 2 is 2.04 bits per heavy atom. The highest BCUT2D eigenvalue weighted by atomic mass is 19.1. The van der Waals surface area contributed by atoms with E-state index in [-0.39, 0.29) is 12.5 Å². The Labute approximate surface area is 153 Å². The standard InChI is InChI=1S/C20H24FN3O2/c1-24(2)20(25)15-6-7-16(17(21)12-15)13-26-19-5-3-4-18(23-19)14-8-10-22-11-9-14/h3-7,12,14,22H,8-11,13H2,1-2H3. The Bertz CT molecular complexity index is 773. The molecule has 0 aliphatic carbocycles. The predicted molar refractivity (Wildman–Crippen MR) is 97.8 cm³/mol. The normalized spacial score (nSPS) is 14.9. The summed E-state index contributed by atoms with van der Waals surface area (Å²) in [6, 6.07) is 10.2. The Hall–Kier alpha value is -2.47. The van der Waals surface area contributed by atoms with Crippen molar-refractivity contribution < 1.29 is 13.9 Å². The zero-order chi connectivity index (χ0) is 18.5. The van der Waals surface area contributed by atoms with Gasteiger partial charge in [0.15, 0.2) is 0 Å². The summed E-state index contributed by atoms with van der Waals surface area (Å²) in [5.41, 5.74) is 1.74. The van der Waals surface area contributed by atoms with E-state index in [2.05, 4.69) is 10.3 Å². The number of ether oxygens (including phenoxy) is 1. The number of aromatic nitrogens is 1. The maximum atomic E-state index is 14.3. The number of carbonyl (C=O) groups is 1. The number of amides is 1. The maximum Gasteiger partial charge on any atom is 0.253 e. The molecule has 1 amide bonds. The van der Waals surface area contributed by atoms with Gasteiger partial charge >= 0.3 is 0 Å². The molecule has 1 fully saturated rings. The van der Waals surface area contributed by atoms with Crippen molar-refractivity contribution in [2.24, 2.45) is 0 Å². The van der Waals surface area contributed by atoms with Crippen molar-refractivity contribution in [2.45, 2.75) is 25.4 Å². The second-order valence-corrected chi connectivity index (χ2v) is 6.72. The number of hydrogen-bond donors (Lipinski definition) is 1. The van der Waals surface area contributed by atoms with E-state index in [9.17, 15) is 9.18 Å². The molecule has 5 nitrogen and oxygen atoms in total. The summed E-state index contributed by atoms with van der Waals surface area (Å²) in [5.74, 6) is 0.252. The topological polar surface area (TPSA) is 54.5 Å². The number of halogens is 1. The zero-order valence-corrected chi connectivity index (χ0v) is 15.2. The van der Waals surface area contributed by atoms with Gasteiger partial charge in [-0.2, -0.15) is 0 Å². The van der Waals surface area contributed by atoms with Crippen LogP contribution in [0.25, 0.3) is 0 Å². The van der Waals surface area contributed by atoms with Crippen molar-refractivity contribution in [1.82, 2.24) is 15.2 Å². The molecule has 1 aliphatic heterocycles. The highest BCUT2D eigenvalue weighted by Crippen LogP contribution is 2.25. The van der Waals surface area contributed by atoms with Gasteiger partial charge in [-0.3, -0.25) is 4.79 Å². The lowest BCUT2D eigenvalue weighted by molar-refractivity contribution is 0.0827. The molecule has 0 spiro atoms. The molecule has 0 bridgehead atoms. The zero-order valence-electron chi connectivity index (χ0n) is 15.2. The van der Waals surface area contributed by atoms with E-state index in [1.54, 1.807) is 32.3 Å². The van der Waals surface area contributed by atoms with Crippen molar-refractivity contribution in [3.8, 4) is 5.88 Å². The summed E-state index contributed by atoms with van der Waals surface area (Å²) >= 11 is 0. The van der Waals surface area contributed by atoms with Gasteiger partial charge < -0.3 is 15.0 Å². The van der Waals surface area contributed by atoms with Gasteiger partial charge in [0.1, 0.15) is 12.4 Å². The Morgan fingerprint density at radius 1 is 1.27 bits per heavy atom. The first kappa shape index (κ1) is 18.3. The summed E-state index contributed by atoms with van der Waals surface area (Å²) in [7, 11) is 3.27. The fraction of sp³-hybridized carbons (Fsp3) is 0.400.